The molecule has 0 aliphatic rings. The van der Waals surface area contributed by atoms with Crippen molar-refractivity contribution >= 4 is 45.0 Å². The third kappa shape index (κ3) is 7.87. The molecule has 35 heavy (non-hydrogen) atoms. The molecular formula is C26H26BrN3O5. The molecule has 3 rings (SSSR count). The van der Waals surface area contributed by atoms with Gasteiger partial charge in [0.1, 0.15) is 11.9 Å². The highest BCUT2D eigenvalue weighted by Crippen LogP contribution is 2.27. The predicted octanol–water partition coefficient (Wildman–Crippen LogP) is 5.63. The lowest BCUT2D eigenvalue weighted by Gasteiger charge is -2.25. The standard InChI is InChI=1S/C26H26BrN3O5/c1-2-34-23(15-16-24(32)30-22-6-4-3-5-21(22)28)25(17-7-13-20(31)14-8-17)35-26(33)29-19-11-9-18(27)10-12-19/h3-16,23,25,31H,2,28H2,1H3,(H,29,33)(H,30,32)/b16-15+/t23-,25-/m1/s1. The van der Waals surface area contributed by atoms with Crippen molar-refractivity contribution in [3.63, 3.8) is 0 Å². The zero-order valence-electron chi connectivity index (χ0n) is 19.0. The van der Waals surface area contributed by atoms with Crippen molar-refractivity contribution in [3.8, 4) is 5.75 Å². The highest BCUT2D eigenvalue weighted by molar-refractivity contribution is 9.10. The number of carbonyl (C=O) groups is 2. The minimum absolute atomic E-state index is 0.0649. The monoisotopic (exact) mass is 539 g/mol. The van der Waals surface area contributed by atoms with Crippen LogP contribution in [0.1, 0.15) is 18.6 Å². The summed E-state index contributed by atoms with van der Waals surface area (Å²) in [6.45, 7) is 2.09. The SMILES string of the molecule is CCO[C@H](/C=C/C(=O)Nc1ccccc1N)[C@H](OC(=O)Nc1ccc(Br)cc1)c1ccc(O)cc1. The lowest BCUT2D eigenvalue weighted by Crippen LogP contribution is -2.28. The van der Waals surface area contributed by atoms with Gasteiger partial charge in [-0.3, -0.25) is 10.1 Å². The van der Waals surface area contributed by atoms with Gasteiger partial charge >= 0.3 is 6.09 Å². The molecule has 0 bridgehead atoms. The number of hydrogen-bond donors (Lipinski definition) is 4. The summed E-state index contributed by atoms with van der Waals surface area (Å²) in [6, 6.07) is 20.1. The molecule has 0 aliphatic carbocycles. The van der Waals surface area contributed by atoms with E-state index in [1.165, 1.54) is 24.3 Å². The molecule has 0 unspecified atom stereocenters. The molecule has 2 atom stereocenters. The molecule has 2 amide bonds. The summed E-state index contributed by atoms with van der Waals surface area (Å²) in [4.78, 5) is 25.2. The van der Waals surface area contributed by atoms with Crippen LogP contribution >= 0.6 is 15.9 Å². The highest BCUT2D eigenvalue weighted by atomic mass is 79.9. The van der Waals surface area contributed by atoms with Gasteiger partial charge in [-0.15, -0.1) is 0 Å². The van der Waals surface area contributed by atoms with E-state index in [1.54, 1.807) is 67.6 Å². The van der Waals surface area contributed by atoms with Gasteiger partial charge < -0.3 is 25.6 Å². The molecule has 0 spiro atoms. The van der Waals surface area contributed by atoms with E-state index in [0.29, 0.717) is 29.2 Å². The number of phenols is 1. The van der Waals surface area contributed by atoms with Crippen molar-refractivity contribution in [3.05, 3.63) is 95.0 Å². The fourth-order valence-corrected chi connectivity index (χ4v) is 3.45. The maximum Gasteiger partial charge on any atom is 0.412 e. The first kappa shape index (κ1) is 25.8. The van der Waals surface area contributed by atoms with Gasteiger partial charge in [0, 0.05) is 22.8 Å². The number of nitrogens with one attached hydrogen (secondary N) is 2. The Kier molecular flexibility index (Phi) is 9.28. The Hall–Kier alpha value is -3.82. The number of hydrogen-bond acceptors (Lipinski definition) is 6. The minimum Gasteiger partial charge on any atom is -0.508 e. The van der Waals surface area contributed by atoms with E-state index < -0.39 is 24.2 Å². The van der Waals surface area contributed by atoms with E-state index >= 15 is 0 Å². The molecule has 182 valence electrons. The van der Waals surface area contributed by atoms with E-state index in [4.69, 9.17) is 15.2 Å². The van der Waals surface area contributed by atoms with Crippen LogP contribution in [0.5, 0.6) is 5.75 Å². The van der Waals surface area contributed by atoms with Gasteiger partial charge in [0.25, 0.3) is 0 Å². The van der Waals surface area contributed by atoms with E-state index in [1.807, 2.05) is 0 Å². The molecule has 0 aliphatic heterocycles. The molecule has 3 aromatic carbocycles. The summed E-state index contributed by atoms with van der Waals surface area (Å²) in [6.07, 6.45) is 0.416. The van der Waals surface area contributed by atoms with Crippen molar-refractivity contribution in [2.45, 2.75) is 19.1 Å². The van der Waals surface area contributed by atoms with E-state index in [9.17, 15) is 14.7 Å². The third-order valence-corrected chi connectivity index (χ3v) is 5.39. The Morgan fingerprint density at radius 2 is 1.71 bits per heavy atom. The number of ether oxygens (including phenoxy) is 2. The first-order chi connectivity index (χ1) is 16.9. The molecule has 0 fully saturated rings. The molecule has 0 aromatic heterocycles. The number of anilines is 3. The second kappa shape index (κ2) is 12.6. The predicted molar refractivity (Wildman–Crippen MR) is 139 cm³/mol. The van der Waals surface area contributed by atoms with Crippen LogP contribution in [0.2, 0.25) is 0 Å². The number of benzene rings is 3. The van der Waals surface area contributed by atoms with Gasteiger partial charge in [-0.1, -0.05) is 40.2 Å². The lowest BCUT2D eigenvalue weighted by atomic mass is 10.0. The number of amides is 2. The van der Waals surface area contributed by atoms with E-state index in [2.05, 4.69) is 26.6 Å². The van der Waals surface area contributed by atoms with E-state index in [0.717, 1.165) is 4.47 Å². The second-order valence-electron chi connectivity index (χ2n) is 7.40. The van der Waals surface area contributed by atoms with Crippen LogP contribution in [-0.4, -0.2) is 29.8 Å². The normalized spacial score (nSPS) is 12.6. The Balaban J connectivity index is 1.80. The van der Waals surface area contributed by atoms with Crippen LogP contribution < -0.4 is 16.4 Å². The number of nitrogens with two attached hydrogens (primary N) is 1. The Morgan fingerprint density at radius 3 is 2.37 bits per heavy atom. The number of para-hydroxylation sites is 2. The molecule has 0 saturated heterocycles. The molecule has 0 radical (unpaired) electrons. The lowest BCUT2D eigenvalue weighted by molar-refractivity contribution is -0.112. The Morgan fingerprint density at radius 1 is 1.03 bits per heavy atom. The maximum atomic E-state index is 12.7. The van der Waals surface area contributed by atoms with Gasteiger partial charge in [-0.2, -0.15) is 0 Å². The Labute approximate surface area is 211 Å². The summed E-state index contributed by atoms with van der Waals surface area (Å²) in [5, 5.41) is 15.1. The smallest absolute Gasteiger partial charge is 0.412 e. The van der Waals surface area contributed by atoms with Gasteiger partial charge in [0.15, 0.2) is 6.10 Å². The highest BCUT2D eigenvalue weighted by Gasteiger charge is 2.26. The summed E-state index contributed by atoms with van der Waals surface area (Å²) in [7, 11) is 0. The van der Waals surface area contributed by atoms with Crippen LogP contribution in [0.15, 0.2) is 89.4 Å². The van der Waals surface area contributed by atoms with Crippen molar-refractivity contribution in [2.24, 2.45) is 0 Å². The number of aromatic hydroxyl groups is 1. The Bertz CT molecular complexity index is 1170. The van der Waals surface area contributed by atoms with Crippen molar-refractivity contribution < 1.29 is 24.2 Å². The van der Waals surface area contributed by atoms with Gasteiger partial charge in [0.2, 0.25) is 5.91 Å². The summed E-state index contributed by atoms with van der Waals surface area (Å²) in [5.41, 5.74) is 7.92. The molecule has 3 aromatic rings. The van der Waals surface area contributed by atoms with Crippen LogP contribution in [0, 0.1) is 0 Å². The maximum absolute atomic E-state index is 12.7. The summed E-state index contributed by atoms with van der Waals surface area (Å²) in [5.74, 6) is -0.355. The zero-order chi connectivity index (χ0) is 25.2. The topological polar surface area (TPSA) is 123 Å². The first-order valence-electron chi connectivity index (χ1n) is 10.8. The average molecular weight is 540 g/mol. The quantitative estimate of drug-likeness (QED) is 0.206. The number of rotatable bonds is 9. The van der Waals surface area contributed by atoms with Crippen molar-refractivity contribution in [1.82, 2.24) is 0 Å². The largest absolute Gasteiger partial charge is 0.508 e. The van der Waals surface area contributed by atoms with Crippen LogP contribution in [-0.2, 0) is 14.3 Å². The number of nitrogen functional groups attached to an aromatic ring is 1. The third-order valence-electron chi connectivity index (χ3n) is 4.86. The summed E-state index contributed by atoms with van der Waals surface area (Å²) >= 11 is 3.35. The zero-order valence-corrected chi connectivity index (χ0v) is 20.6. The molecule has 9 heteroatoms. The molecule has 5 N–H and O–H groups in total. The fourth-order valence-electron chi connectivity index (χ4n) is 3.19. The first-order valence-corrected chi connectivity index (χ1v) is 11.6. The fraction of sp³-hybridized carbons (Fsp3) is 0.154. The van der Waals surface area contributed by atoms with Crippen LogP contribution in [0.4, 0.5) is 21.9 Å². The molecule has 0 saturated carbocycles. The van der Waals surface area contributed by atoms with E-state index in [-0.39, 0.29) is 5.75 Å². The minimum atomic E-state index is -0.906. The van der Waals surface area contributed by atoms with Gasteiger partial charge in [-0.05, 0) is 67.1 Å². The van der Waals surface area contributed by atoms with Crippen molar-refractivity contribution in [1.29, 1.82) is 0 Å². The second-order valence-corrected chi connectivity index (χ2v) is 8.32. The number of phenolic OH excluding ortho intramolecular Hbond substituents is 1. The summed E-state index contributed by atoms with van der Waals surface area (Å²) < 4.78 is 12.4. The van der Waals surface area contributed by atoms with Crippen LogP contribution in [0.3, 0.4) is 0 Å². The van der Waals surface area contributed by atoms with Gasteiger partial charge in [-0.25, -0.2) is 4.79 Å². The van der Waals surface area contributed by atoms with Crippen LogP contribution in [0.25, 0.3) is 0 Å². The molecular weight excluding hydrogens is 514 g/mol. The number of halogens is 1. The number of carbonyl (C=O) groups excluding carboxylic acids is 2. The molecule has 8 nitrogen and oxygen atoms in total. The molecule has 0 heterocycles. The van der Waals surface area contributed by atoms with Crippen molar-refractivity contribution in [2.75, 3.05) is 23.0 Å². The van der Waals surface area contributed by atoms with Gasteiger partial charge in [0.05, 0.1) is 11.4 Å². The average Bonchev–Trinajstić information content (AvgIpc) is 2.84.